The van der Waals surface area contributed by atoms with Crippen molar-refractivity contribution in [1.82, 2.24) is 10.2 Å². The molecule has 0 bridgehead atoms. The zero-order chi connectivity index (χ0) is 18.0. The second-order valence-electron chi connectivity index (χ2n) is 7.47. The lowest BCUT2D eigenvalue weighted by molar-refractivity contribution is -0.130. The Labute approximate surface area is 153 Å². The van der Waals surface area contributed by atoms with E-state index in [4.69, 9.17) is 4.42 Å². The molecule has 1 N–H and O–H groups in total. The van der Waals surface area contributed by atoms with E-state index in [1.54, 1.807) is 6.26 Å². The molecule has 1 saturated heterocycles. The predicted octanol–water partition coefficient (Wildman–Crippen LogP) is 2.77. The van der Waals surface area contributed by atoms with E-state index < -0.39 is 0 Å². The van der Waals surface area contributed by atoms with Gasteiger partial charge >= 0.3 is 0 Å². The number of hydrogen-bond acceptors (Lipinski definition) is 3. The van der Waals surface area contributed by atoms with E-state index in [9.17, 15) is 9.59 Å². The number of benzene rings is 1. The average Bonchev–Trinajstić information content (AvgIpc) is 3.02. The first-order chi connectivity index (χ1) is 12.7. The summed E-state index contributed by atoms with van der Waals surface area (Å²) in [6, 6.07) is 13.8. The van der Waals surface area contributed by atoms with E-state index in [1.165, 1.54) is 5.56 Å². The van der Waals surface area contributed by atoms with Crippen LogP contribution in [0.2, 0.25) is 0 Å². The quantitative estimate of drug-likeness (QED) is 0.869. The molecule has 0 radical (unpaired) electrons. The predicted molar refractivity (Wildman–Crippen MR) is 97.1 cm³/mol. The van der Waals surface area contributed by atoms with Gasteiger partial charge in [-0.1, -0.05) is 30.3 Å². The van der Waals surface area contributed by atoms with Gasteiger partial charge in [0.1, 0.15) is 5.76 Å². The Morgan fingerprint density at radius 1 is 1.19 bits per heavy atom. The number of hydrogen-bond donors (Lipinski definition) is 1. The molecule has 5 heteroatoms. The summed E-state index contributed by atoms with van der Waals surface area (Å²) in [4.78, 5) is 26.8. The summed E-state index contributed by atoms with van der Waals surface area (Å²) in [6.45, 7) is 1.92. The van der Waals surface area contributed by atoms with Gasteiger partial charge in [-0.15, -0.1) is 0 Å². The van der Waals surface area contributed by atoms with E-state index in [0.717, 1.165) is 38.1 Å². The van der Waals surface area contributed by atoms with Gasteiger partial charge < -0.3 is 14.6 Å². The summed E-state index contributed by atoms with van der Waals surface area (Å²) in [6.07, 6.45) is 4.74. The van der Waals surface area contributed by atoms with Gasteiger partial charge in [-0.25, -0.2) is 0 Å². The van der Waals surface area contributed by atoms with Crippen LogP contribution in [0.5, 0.6) is 0 Å². The first kappa shape index (κ1) is 16.9. The topological polar surface area (TPSA) is 62.6 Å². The fourth-order valence-electron chi connectivity index (χ4n) is 4.04. The fourth-order valence-corrected chi connectivity index (χ4v) is 4.04. The van der Waals surface area contributed by atoms with Crippen LogP contribution in [0.4, 0.5) is 0 Å². The number of amides is 2. The molecule has 2 amide bonds. The molecule has 1 aliphatic carbocycles. The highest BCUT2D eigenvalue weighted by atomic mass is 16.3. The van der Waals surface area contributed by atoms with Crippen LogP contribution in [0.15, 0.2) is 53.1 Å². The zero-order valence-electron chi connectivity index (χ0n) is 14.8. The van der Waals surface area contributed by atoms with Crippen molar-refractivity contribution in [3.63, 3.8) is 0 Å². The van der Waals surface area contributed by atoms with E-state index in [0.29, 0.717) is 13.0 Å². The van der Waals surface area contributed by atoms with E-state index in [-0.39, 0.29) is 23.1 Å². The molecule has 2 heterocycles. The van der Waals surface area contributed by atoms with Crippen molar-refractivity contribution >= 4 is 11.8 Å². The monoisotopic (exact) mass is 352 g/mol. The lowest BCUT2D eigenvalue weighted by Crippen LogP contribution is -2.31. The van der Waals surface area contributed by atoms with Crippen molar-refractivity contribution < 1.29 is 14.0 Å². The fraction of sp³-hybridized carbons (Fsp3) is 0.429. The van der Waals surface area contributed by atoms with Gasteiger partial charge in [0.05, 0.1) is 12.8 Å². The first-order valence-corrected chi connectivity index (χ1v) is 9.28. The molecule has 4 rings (SSSR count). The van der Waals surface area contributed by atoms with Crippen molar-refractivity contribution in [2.45, 2.75) is 32.2 Å². The lowest BCUT2D eigenvalue weighted by Gasteiger charge is -2.17. The summed E-state index contributed by atoms with van der Waals surface area (Å²) in [5.74, 6) is 1.08. The molecule has 2 fully saturated rings. The Hall–Kier alpha value is -2.56. The van der Waals surface area contributed by atoms with Crippen molar-refractivity contribution in [1.29, 1.82) is 0 Å². The summed E-state index contributed by atoms with van der Waals surface area (Å²) in [5.41, 5.74) is 1.20. The van der Waals surface area contributed by atoms with Gasteiger partial charge in [0.15, 0.2) is 0 Å². The number of carbonyl (C=O) groups is 2. The zero-order valence-corrected chi connectivity index (χ0v) is 14.8. The smallest absolute Gasteiger partial charge is 0.224 e. The van der Waals surface area contributed by atoms with Crippen molar-refractivity contribution in [3.8, 4) is 0 Å². The molecule has 2 aliphatic rings. The molecule has 1 spiro atoms. The van der Waals surface area contributed by atoms with Gasteiger partial charge in [0, 0.05) is 30.8 Å². The van der Waals surface area contributed by atoms with Gasteiger partial charge in [-0.2, -0.15) is 0 Å². The Bertz CT molecular complexity index is 772. The number of likely N-dealkylation sites (tertiary alicyclic amines) is 1. The molecule has 2 atom stereocenters. The second-order valence-corrected chi connectivity index (χ2v) is 7.47. The number of rotatable bonds is 6. The van der Waals surface area contributed by atoms with Gasteiger partial charge in [0.2, 0.25) is 11.8 Å². The number of carbonyl (C=O) groups excluding carboxylic acids is 2. The normalized spacial score (nSPS) is 24.0. The maximum absolute atomic E-state index is 12.5. The molecule has 136 valence electrons. The SMILES string of the molecule is O=C(NCc1ccco1)[C@H]1C[C@]12CCN(C(=O)CCc1ccccc1)C2. The summed E-state index contributed by atoms with van der Waals surface area (Å²) in [5, 5.41) is 2.95. The number of furan rings is 1. The minimum Gasteiger partial charge on any atom is -0.467 e. The number of aryl methyl sites for hydroxylation is 1. The third-order valence-electron chi connectivity index (χ3n) is 5.73. The van der Waals surface area contributed by atoms with Gasteiger partial charge in [0.25, 0.3) is 0 Å². The van der Waals surface area contributed by atoms with Crippen molar-refractivity contribution in [2.75, 3.05) is 13.1 Å². The minimum atomic E-state index is 0.00958. The molecular weight excluding hydrogens is 328 g/mol. The number of nitrogens with zero attached hydrogens (tertiary/aromatic N) is 1. The molecule has 5 nitrogen and oxygen atoms in total. The number of nitrogens with one attached hydrogen (secondary N) is 1. The molecule has 1 aromatic carbocycles. The Balaban J connectivity index is 1.24. The van der Waals surface area contributed by atoms with Crippen LogP contribution in [0.3, 0.4) is 0 Å². The van der Waals surface area contributed by atoms with Crippen LogP contribution in [0.25, 0.3) is 0 Å². The highest BCUT2D eigenvalue weighted by Gasteiger charge is 2.61. The van der Waals surface area contributed by atoms with Gasteiger partial charge in [-0.3, -0.25) is 9.59 Å². The highest BCUT2D eigenvalue weighted by Crippen LogP contribution is 2.58. The summed E-state index contributed by atoms with van der Waals surface area (Å²) in [7, 11) is 0. The van der Waals surface area contributed by atoms with Gasteiger partial charge in [-0.05, 0) is 37.0 Å². The molecule has 1 aromatic heterocycles. The van der Waals surface area contributed by atoms with E-state index in [1.807, 2.05) is 35.2 Å². The van der Waals surface area contributed by atoms with Crippen LogP contribution in [0.1, 0.15) is 30.6 Å². The highest BCUT2D eigenvalue weighted by molar-refractivity contribution is 5.83. The van der Waals surface area contributed by atoms with Crippen LogP contribution >= 0.6 is 0 Å². The van der Waals surface area contributed by atoms with Crippen LogP contribution in [0, 0.1) is 11.3 Å². The molecule has 0 unspecified atom stereocenters. The largest absolute Gasteiger partial charge is 0.467 e. The minimum absolute atomic E-state index is 0.00958. The Morgan fingerprint density at radius 3 is 2.81 bits per heavy atom. The molecule has 26 heavy (non-hydrogen) atoms. The Morgan fingerprint density at radius 2 is 2.04 bits per heavy atom. The summed E-state index contributed by atoms with van der Waals surface area (Å²) >= 11 is 0. The second kappa shape index (κ2) is 6.98. The third-order valence-corrected chi connectivity index (χ3v) is 5.73. The van der Waals surface area contributed by atoms with Crippen LogP contribution < -0.4 is 5.32 Å². The average molecular weight is 352 g/mol. The third kappa shape index (κ3) is 3.52. The molecule has 1 aliphatic heterocycles. The summed E-state index contributed by atoms with van der Waals surface area (Å²) < 4.78 is 5.25. The van der Waals surface area contributed by atoms with Crippen LogP contribution in [-0.2, 0) is 22.6 Å². The molecule has 1 saturated carbocycles. The standard InChI is InChI=1S/C21H24N2O3/c24-19(9-8-16-5-2-1-3-6-16)23-11-10-21(15-23)13-18(21)20(25)22-14-17-7-4-12-26-17/h1-7,12,18H,8-11,13-15H2,(H,22,25)/t18-,21+/m1/s1. The first-order valence-electron chi connectivity index (χ1n) is 9.28. The lowest BCUT2D eigenvalue weighted by atomic mass is 10.0. The van der Waals surface area contributed by atoms with Crippen molar-refractivity contribution in [3.05, 3.63) is 60.1 Å². The molecular formula is C21H24N2O3. The van der Waals surface area contributed by atoms with Crippen LogP contribution in [-0.4, -0.2) is 29.8 Å². The van der Waals surface area contributed by atoms with E-state index >= 15 is 0 Å². The van der Waals surface area contributed by atoms with Crippen molar-refractivity contribution in [2.24, 2.45) is 11.3 Å². The van der Waals surface area contributed by atoms with E-state index in [2.05, 4.69) is 17.4 Å². The maximum atomic E-state index is 12.5. The maximum Gasteiger partial charge on any atom is 0.224 e. The molecule has 2 aromatic rings. The Kier molecular flexibility index (Phi) is 4.53.